The minimum Gasteiger partial charge on any atom is -0.393 e. The molecule has 5 aliphatic carbocycles. The van der Waals surface area contributed by atoms with Crippen molar-refractivity contribution in [2.24, 2.45) is 50.7 Å². The van der Waals surface area contributed by atoms with Gasteiger partial charge >= 0.3 is 0 Å². The second-order valence-electron chi connectivity index (χ2n) is 17.2. The molecule has 1 saturated heterocycles. The number of ketones is 1. The fourth-order valence-corrected chi connectivity index (χ4v) is 12.4. The second kappa shape index (κ2) is 9.65. The molecular weight excluding hydrogens is 492 g/mol. The lowest BCUT2D eigenvalue weighted by atomic mass is 9.33. The molecule has 0 spiro atoms. The number of Topliss-reactive ketones (excluding diaryl/α,β-unsaturated/α-hetero) is 1. The van der Waals surface area contributed by atoms with Crippen molar-refractivity contribution < 1.29 is 9.90 Å². The topological polar surface area (TPSA) is 43.8 Å². The Morgan fingerprint density at radius 2 is 1.55 bits per heavy atom. The van der Waals surface area contributed by atoms with Crippen LogP contribution >= 0.6 is 0 Å². The molecule has 0 aromatic heterocycles. The summed E-state index contributed by atoms with van der Waals surface area (Å²) in [6.45, 7) is 22.4. The van der Waals surface area contributed by atoms with E-state index in [0.717, 1.165) is 51.9 Å². The fourth-order valence-electron chi connectivity index (χ4n) is 12.4. The normalized spacial score (nSPS) is 47.5. The third kappa shape index (κ3) is 3.89. The molecule has 8 atom stereocenters. The molecule has 5 fully saturated rings. The number of carbonyl (C=O) groups excluding carboxylic acids is 1. The Bertz CT molecular complexity index is 1060. The van der Waals surface area contributed by atoms with Crippen LogP contribution in [-0.4, -0.2) is 66.6 Å². The van der Waals surface area contributed by atoms with Gasteiger partial charge in [0.2, 0.25) is 0 Å². The van der Waals surface area contributed by atoms with Crippen molar-refractivity contribution in [2.75, 3.05) is 39.8 Å². The van der Waals surface area contributed by atoms with Gasteiger partial charge in [0.15, 0.2) is 5.78 Å². The molecule has 226 valence electrons. The lowest BCUT2D eigenvalue weighted by molar-refractivity contribution is -0.228. The van der Waals surface area contributed by atoms with Crippen molar-refractivity contribution in [3.8, 4) is 0 Å². The van der Waals surface area contributed by atoms with Crippen molar-refractivity contribution in [2.45, 2.75) is 119 Å². The predicted octanol–water partition coefficient (Wildman–Crippen LogP) is 6.97. The van der Waals surface area contributed by atoms with Gasteiger partial charge in [-0.25, -0.2) is 0 Å². The maximum atomic E-state index is 14.5. The number of hydrogen-bond donors (Lipinski definition) is 1. The lowest BCUT2D eigenvalue weighted by Gasteiger charge is -2.72. The molecule has 1 heterocycles. The quantitative estimate of drug-likeness (QED) is 0.383. The van der Waals surface area contributed by atoms with Crippen molar-refractivity contribution >= 4 is 5.78 Å². The average molecular weight is 553 g/mol. The Kier molecular flexibility index (Phi) is 7.08. The summed E-state index contributed by atoms with van der Waals surface area (Å²) < 4.78 is 0. The highest BCUT2D eigenvalue weighted by atomic mass is 16.3. The van der Waals surface area contributed by atoms with Gasteiger partial charge in [-0.1, -0.05) is 59.6 Å². The molecule has 1 unspecified atom stereocenters. The molecule has 6 rings (SSSR count). The minimum absolute atomic E-state index is 0.00225. The highest BCUT2D eigenvalue weighted by Crippen LogP contribution is 2.76. The first-order valence-electron chi connectivity index (χ1n) is 17.1. The SMILES string of the molecule is CC(C)C1=C2[C@H]3CC[C@@H]4[C@@]5(C)CC[C@H](O)C(C)(C)C5CC[C@@]4(C)[C@]3(C)CC[C@@]2(C(=O)CN2CCN(C)CC2)CC1. The van der Waals surface area contributed by atoms with Crippen molar-refractivity contribution in [3.05, 3.63) is 11.1 Å². The Balaban J connectivity index is 1.35. The van der Waals surface area contributed by atoms with Crippen LogP contribution in [-0.2, 0) is 4.79 Å². The minimum atomic E-state index is -0.200. The van der Waals surface area contributed by atoms with Gasteiger partial charge in [0.25, 0.3) is 0 Å². The van der Waals surface area contributed by atoms with Gasteiger partial charge in [-0.15, -0.1) is 0 Å². The zero-order chi connectivity index (χ0) is 28.9. The molecule has 40 heavy (non-hydrogen) atoms. The van der Waals surface area contributed by atoms with Gasteiger partial charge in [0, 0.05) is 26.2 Å². The Hall–Kier alpha value is -0.710. The van der Waals surface area contributed by atoms with Gasteiger partial charge in [0.05, 0.1) is 18.1 Å². The summed E-state index contributed by atoms with van der Waals surface area (Å²) in [5.41, 5.74) is 3.97. The largest absolute Gasteiger partial charge is 0.393 e. The molecular formula is C36H60N2O2. The second-order valence-corrected chi connectivity index (χ2v) is 17.2. The van der Waals surface area contributed by atoms with Gasteiger partial charge in [-0.2, -0.15) is 0 Å². The van der Waals surface area contributed by atoms with E-state index < -0.39 is 0 Å². The van der Waals surface area contributed by atoms with E-state index in [-0.39, 0.29) is 22.3 Å². The summed E-state index contributed by atoms with van der Waals surface area (Å²) in [5, 5.41) is 11.0. The van der Waals surface area contributed by atoms with Crippen LogP contribution in [0.15, 0.2) is 11.1 Å². The van der Waals surface area contributed by atoms with Gasteiger partial charge in [-0.3, -0.25) is 9.69 Å². The molecule has 4 nitrogen and oxygen atoms in total. The van der Waals surface area contributed by atoms with Crippen LogP contribution in [0.25, 0.3) is 0 Å². The summed E-state index contributed by atoms with van der Waals surface area (Å²) in [7, 11) is 2.20. The summed E-state index contributed by atoms with van der Waals surface area (Å²) in [6.07, 6.45) is 11.6. The molecule has 0 radical (unpaired) electrons. The first kappa shape index (κ1) is 29.4. The van der Waals surface area contributed by atoms with E-state index in [9.17, 15) is 9.90 Å². The van der Waals surface area contributed by atoms with Crippen molar-refractivity contribution in [1.29, 1.82) is 0 Å². The molecule has 0 aromatic rings. The van der Waals surface area contributed by atoms with Gasteiger partial charge in [0.1, 0.15) is 0 Å². The van der Waals surface area contributed by atoms with E-state index in [4.69, 9.17) is 0 Å². The molecule has 1 N–H and O–H groups in total. The van der Waals surface area contributed by atoms with Gasteiger partial charge in [-0.05, 0) is 117 Å². The highest BCUT2D eigenvalue weighted by Gasteiger charge is 2.70. The first-order valence-corrected chi connectivity index (χ1v) is 17.1. The van der Waals surface area contributed by atoms with Crippen LogP contribution in [0, 0.1) is 50.7 Å². The summed E-state index contributed by atoms with van der Waals surface area (Å²) in [5.74, 6) is 2.96. The number of likely N-dealkylation sites (N-methyl/N-ethyl adjacent to an activating group) is 1. The third-order valence-electron chi connectivity index (χ3n) is 15.1. The molecule has 4 heteroatoms. The number of nitrogens with zero attached hydrogens (tertiary/aromatic N) is 2. The molecule has 0 amide bonds. The number of hydrogen-bond acceptors (Lipinski definition) is 4. The van der Waals surface area contributed by atoms with E-state index in [1.54, 1.807) is 11.1 Å². The van der Waals surface area contributed by atoms with E-state index in [0.29, 0.717) is 46.8 Å². The Labute approximate surface area is 245 Å². The monoisotopic (exact) mass is 552 g/mol. The van der Waals surface area contributed by atoms with Crippen LogP contribution in [0.3, 0.4) is 0 Å². The average Bonchev–Trinajstić information content (AvgIpc) is 3.30. The van der Waals surface area contributed by atoms with Crippen LogP contribution in [0.1, 0.15) is 113 Å². The zero-order valence-electron chi connectivity index (χ0n) is 27.2. The Morgan fingerprint density at radius 1 is 0.850 bits per heavy atom. The fraction of sp³-hybridized carbons (Fsp3) is 0.917. The summed E-state index contributed by atoms with van der Waals surface area (Å²) in [4.78, 5) is 19.3. The van der Waals surface area contributed by atoms with E-state index in [1.807, 2.05) is 0 Å². The smallest absolute Gasteiger partial charge is 0.157 e. The number of allylic oxidation sites excluding steroid dienone is 2. The summed E-state index contributed by atoms with van der Waals surface area (Å²) in [6, 6.07) is 0. The third-order valence-corrected chi connectivity index (χ3v) is 15.1. The first-order chi connectivity index (χ1) is 18.7. The molecule has 0 bridgehead atoms. The number of carbonyl (C=O) groups is 1. The number of aliphatic hydroxyl groups is 1. The van der Waals surface area contributed by atoms with Crippen molar-refractivity contribution in [3.63, 3.8) is 0 Å². The van der Waals surface area contributed by atoms with E-state index in [2.05, 4.69) is 65.3 Å². The Morgan fingerprint density at radius 3 is 2.23 bits per heavy atom. The number of aliphatic hydroxyl groups excluding tert-OH is 1. The predicted molar refractivity (Wildman–Crippen MR) is 164 cm³/mol. The molecule has 0 aromatic carbocycles. The number of rotatable bonds is 4. The molecule has 1 aliphatic heterocycles. The number of fused-ring (bicyclic) bond motifs is 7. The molecule has 6 aliphatic rings. The summed E-state index contributed by atoms with van der Waals surface area (Å²) >= 11 is 0. The van der Waals surface area contributed by atoms with Crippen LogP contribution < -0.4 is 0 Å². The van der Waals surface area contributed by atoms with Crippen molar-refractivity contribution in [1.82, 2.24) is 9.80 Å². The highest BCUT2D eigenvalue weighted by molar-refractivity contribution is 5.91. The van der Waals surface area contributed by atoms with Gasteiger partial charge < -0.3 is 10.0 Å². The lowest BCUT2D eigenvalue weighted by Crippen LogP contribution is -2.66. The van der Waals surface area contributed by atoms with E-state index in [1.165, 1.54) is 38.5 Å². The van der Waals surface area contributed by atoms with Crippen LogP contribution in [0.4, 0.5) is 0 Å². The molecule has 4 saturated carbocycles. The van der Waals surface area contributed by atoms with Crippen LogP contribution in [0.5, 0.6) is 0 Å². The number of piperazine rings is 1. The zero-order valence-corrected chi connectivity index (χ0v) is 27.2. The maximum Gasteiger partial charge on any atom is 0.157 e. The maximum absolute atomic E-state index is 14.5. The van der Waals surface area contributed by atoms with Crippen LogP contribution in [0.2, 0.25) is 0 Å². The standard InChI is InChI=1S/C36H60N2O2/c1-24(2)25-11-16-36(30(40)23-38-21-19-37(8)20-22-38)18-17-34(6)26(31(25)36)9-10-28-33(5)14-13-29(39)32(3,4)27(33)12-15-35(28,34)7/h24,26-29,39H,9-23H2,1-8H3/t26-,27?,28-,29+,33+,34-,35-,36-/m1/s1. The van der Waals surface area contributed by atoms with E-state index >= 15 is 0 Å².